The second-order valence-corrected chi connectivity index (χ2v) is 6.32. The van der Waals surface area contributed by atoms with E-state index in [0.29, 0.717) is 18.4 Å². The summed E-state index contributed by atoms with van der Waals surface area (Å²) in [6.45, 7) is 2.96. The van der Waals surface area contributed by atoms with Gasteiger partial charge in [0.25, 0.3) is 0 Å². The molecule has 0 spiro atoms. The van der Waals surface area contributed by atoms with Crippen molar-refractivity contribution in [1.29, 1.82) is 5.26 Å². The molecule has 1 atom stereocenters. The molecule has 2 aliphatic carbocycles. The second kappa shape index (κ2) is 5.48. The molecule has 2 saturated carbocycles. The standard InChI is InChI=1S/C14H23N3O2/c1-14(9-15,11-3-4-11)16-13(19)8-17(2)7-10-5-12(18)6-10/h10-12,18H,3-8H2,1-2H3,(H,16,19). The number of amides is 1. The molecular weight excluding hydrogens is 242 g/mol. The maximum absolute atomic E-state index is 12.0. The number of hydrogen-bond donors (Lipinski definition) is 2. The fourth-order valence-electron chi connectivity index (χ4n) is 2.81. The van der Waals surface area contributed by atoms with Crippen LogP contribution in [0.15, 0.2) is 0 Å². The van der Waals surface area contributed by atoms with E-state index in [2.05, 4.69) is 11.4 Å². The molecule has 0 heterocycles. The van der Waals surface area contributed by atoms with Crippen LogP contribution in [-0.4, -0.2) is 47.7 Å². The fraction of sp³-hybridized carbons (Fsp3) is 0.857. The lowest BCUT2D eigenvalue weighted by atomic mass is 9.82. The lowest BCUT2D eigenvalue weighted by Crippen LogP contribution is -2.50. The molecule has 0 radical (unpaired) electrons. The van der Waals surface area contributed by atoms with Gasteiger partial charge in [0.1, 0.15) is 5.54 Å². The first-order valence-electron chi connectivity index (χ1n) is 7.02. The highest BCUT2D eigenvalue weighted by molar-refractivity contribution is 5.79. The van der Waals surface area contributed by atoms with E-state index in [-0.39, 0.29) is 12.0 Å². The molecule has 0 bridgehead atoms. The van der Waals surface area contributed by atoms with Gasteiger partial charge in [0.05, 0.1) is 18.7 Å². The summed E-state index contributed by atoms with van der Waals surface area (Å²) in [5.74, 6) is 0.727. The van der Waals surface area contributed by atoms with Crippen molar-refractivity contribution in [3.8, 4) is 6.07 Å². The lowest BCUT2D eigenvalue weighted by molar-refractivity contribution is -0.123. The van der Waals surface area contributed by atoms with E-state index in [0.717, 1.165) is 32.2 Å². The third-order valence-corrected chi connectivity index (χ3v) is 4.22. The average molecular weight is 265 g/mol. The van der Waals surface area contributed by atoms with Crippen LogP contribution < -0.4 is 5.32 Å². The zero-order valence-electron chi connectivity index (χ0n) is 11.7. The van der Waals surface area contributed by atoms with Crippen LogP contribution in [0.4, 0.5) is 0 Å². The van der Waals surface area contributed by atoms with Crippen LogP contribution in [0.3, 0.4) is 0 Å². The van der Waals surface area contributed by atoms with Crippen molar-refractivity contribution in [2.45, 2.75) is 44.2 Å². The minimum Gasteiger partial charge on any atom is -0.393 e. The number of aliphatic hydroxyl groups is 1. The number of nitrogens with zero attached hydrogens (tertiary/aromatic N) is 2. The molecule has 2 aliphatic rings. The van der Waals surface area contributed by atoms with Crippen LogP contribution in [0.5, 0.6) is 0 Å². The van der Waals surface area contributed by atoms with E-state index in [1.54, 1.807) is 0 Å². The first-order valence-corrected chi connectivity index (χ1v) is 7.02. The molecule has 2 rings (SSSR count). The molecule has 2 fully saturated rings. The van der Waals surface area contributed by atoms with Gasteiger partial charge in [-0.25, -0.2) is 0 Å². The quantitative estimate of drug-likeness (QED) is 0.733. The van der Waals surface area contributed by atoms with E-state index >= 15 is 0 Å². The van der Waals surface area contributed by atoms with Gasteiger partial charge in [-0.15, -0.1) is 0 Å². The zero-order valence-corrected chi connectivity index (χ0v) is 11.7. The van der Waals surface area contributed by atoms with Gasteiger partial charge in [-0.3, -0.25) is 9.69 Å². The van der Waals surface area contributed by atoms with E-state index < -0.39 is 5.54 Å². The summed E-state index contributed by atoms with van der Waals surface area (Å²) in [5.41, 5.74) is -0.704. The maximum Gasteiger partial charge on any atom is 0.235 e. The SMILES string of the molecule is CN(CC(=O)NC(C)(C#N)C1CC1)CC1CC(O)C1. The summed E-state index contributed by atoms with van der Waals surface area (Å²) in [6.07, 6.45) is 3.58. The van der Waals surface area contributed by atoms with Crippen LogP contribution >= 0.6 is 0 Å². The Bertz CT molecular complexity index is 383. The Hall–Kier alpha value is -1.12. The van der Waals surface area contributed by atoms with Crippen molar-refractivity contribution < 1.29 is 9.90 Å². The zero-order chi connectivity index (χ0) is 14.0. The van der Waals surface area contributed by atoms with Crippen molar-refractivity contribution in [3.63, 3.8) is 0 Å². The van der Waals surface area contributed by atoms with E-state index in [1.165, 1.54) is 0 Å². The normalized spacial score (nSPS) is 29.2. The Balaban J connectivity index is 1.73. The summed E-state index contributed by atoms with van der Waals surface area (Å²) in [5, 5.41) is 21.3. The van der Waals surface area contributed by atoms with Gasteiger partial charge in [0, 0.05) is 6.54 Å². The molecule has 1 amide bonds. The number of hydrogen-bond acceptors (Lipinski definition) is 4. The smallest absolute Gasteiger partial charge is 0.235 e. The van der Waals surface area contributed by atoms with Crippen LogP contribution in [0.25, 0.3) is 0 Å². The molecule has 5 nitrogen and oxygen atoms in total. The Morgan fingerprint density at radius 3 is 2.63 bits per heavy atom. The molecule has 2 N–H and O–H groups in total. The summed E-state index contributed by atoms with van der Waals surface area (Å²) < 4.78 is 0. The lowest BCUT2D eigenvalue weighted by Gasteiger charge is -2.34. The van der Waals surface area contributed by atoms with E-state index in [4.69, 9.17) is 0 Å². The molecule has 0 aromatic rings. The first-order chi connectivity index (χ1) is 8.93. The highest BCUT2D eigenvalue weighted by Crippen LogP contribution is 2.39. The number of carbonyl (C=O) groups excluding carboxylic acids is 1. The van der Waals surface area contributed by atoms with Gasteiger partial charge in [-0.2, -0.15) is 5.26 Å². The molecule has 1 unspecified atom stereocenters. The summed E-state index contributed by atoms with van der Waals surface area (Å²) in [4.78, 5) is 13.9. The van der Waals surface area contributed by atoms with Crippen molar-refractivity contribution in [2.75, 3.05) is 20.1 Å². The molecule has 0 saturated heterocycles. The Kier molecular flexibility index (Phi) is 4.12. The highest BCUT2D eigenvalue weighted by atomic mass is 16.3. The minimum atomic E-state index is -0.704. The van der Waals surface area contributed by atoms with Gasteiger partial charge >= 0.3 is 0 Å². The predicted molar refractivity (Wildman–Crippen MR) is 71.1 cm³/mol. The monoisotopic (exact) mass is 265 g/mol. The molecule has 0 aliphatic heterocycles. The van der Waals surface area contributed by atoms with E-state index in [1.807, 2.05) is 18.9 Å². The van der Waals surface area contributed by atoms with Gasteiger partial charge in [0.15, 0.2) is 0 Å². The van der Waals surface area contributed by atoms with Gasteiger partial charge < -0.3 is 10.4 Å². The van der Waals surface area contributed by atoms with Crippen LogP contribution in [0.2, 0.25) is 0 Å². The molecule has 106 valence electrons. The predicted octanol–water partition coefficient (Wildman–Crippen LogP) is 0.498. The summed E-state index contributed by atoms with van der Waals surface area (Å²) >= 11 is 0. The van der Waals surface area contributed by atoms with Crippen LogP contribution in [0, 0.1) is 23.2 Å². The summed E-state index contributed by atoms with van der Waals surface area (Å²) in [7, 11) is 1.91. The number of rotatable bonds is 6. The Morgan fingerprint density at radius 1 is 1.53 bits per heavy atom. The number of nitrogens with one attached hydrogen (secondary N) is 1. The van der Waals surface area contributed by atoms with Crippen molar-refractivity contribution >= 4 is 5.91 Å². The van der Waals surface area contributed by atoms with Crippen molar-refractivity contribution in [1.82, 2.24) is 10.2 Å². The molecule has 0 aromatic heterocycles. The topological polar surface area (TPSA) is 76.4 Å². The number of carbonyl (C=O) groups is 1. The van der Waals surface area contributed by atoms with Gasteiger partial charge in [-0.1, -0.05) is 0 Å². The number of aliphatic hydroxyl groups excluding tert-OH is 1. The largest absolute Gasteiger partial charge is 0.393 e. The van der Waals surface area contributed by atoms with Crippen molar-refractivity contribution in [2.24, 2.45) is 11.8 Å². The van der Waals surface area contributed by atoms with E-state index in [9.17, 15) is 15.2 Å². The second-order valence-electron chi connectivity index (χ2n) is 6.32. The van der Waals surface area contributed by atoms with Gasteiger partial charge in [-0.05, 0) is 51.5 Å². The Morgan fingerprint density at radius 2 is 2.16 bits per heavy atom. The third kappa shape index (κ3) is 3.68. The van der Waals surface area contributed by atoms with Crippen LogP contribution in [0.1, 0.15) is 32.6 Å². The molecule has 0 aromatic carbocycles. The number of nitriles is 1. The molecule has 5 heteroatoms. The maximum atomic E-state index is 12.0. The summed E-state index contributed by atoms with van der Waals surface area (Å²) in [6, 6.07) is 2.23. The average Bonchev–Trinajstić information content (AvgIpc) is 3.10. The fourth-order valence-corrected chi connectivity index (χ4v) is 2.81. The number of likely N-dealkylation sites (N-methyl/N-ethyl adjacent to an activating group) is 1. The van der Waals surface area contributed by atoms with Crippen molar-refractivity contribution in [3.05, 3.63) is 0 Å². The molecule has 19 heavy (non-hydrogen) atoms. The third-order valence-electron chi connectivity index (χ3n) is 4.22. The highest BCUT2D eigenvalue weighted by Gasteiger charge is 2.43. The first kappa shape index (κ1) is 14.3. The Labute approximate surface area is 114 Å². The van der Waals surface area contributed by atoms with Crippen LogP contribution in [-0.2, 0) is 4.79 Å². The van der Waals surface area contributed by atoms with Gasteiger partial charge in [0.2, 0.25) is 5.91 Å². The minimum absolute atomic E-state index is 0.0849. The molecular formula is C14H23N3O2.